The molecule has 0 aliphatic heterocycles. The van der Waals surface area contributed by atoms with Crippen LogP contribution in [0.4, 0.5) is 0 Å². The maximum absolute atomic E-state index is 12.8. The van der Waals surface area contributed by atoms with Crippen molar-refractivity contribution in [3.8, 4) is 17.2 Å². The lowest BCUT2D eigenvalue weighted by atomic mass is 9.97. The fraction of sp³-hybridized carbons (Fsp3) is 0.200. The second-order valence-electron chi connectivity index (χ2n) is 5.56. The lowest BCUT2D eigenvalue weighted by molar-refractivity contribution is 0.612. The van der Waals surface area contributed by atoms with Crippen molar-refractivity contribution in [1.82, 2.24) is 4.57 Å². The number of hydrogen-bond acceptors (Lipinski definition) is 2. The number of pyridine rings is 1. The highest BCUT2D eigenvalue weighted by Gasteiger charge is 2.17. The minimum Gasteiger partial charge on any atom is -0.299 e. The molecule has 3 aromatic rings. The number of rotatable bonds is 4. The first-order valence-corrected chi connectivity index (χ1v) is 7.89. The van der Waals surface area contributed by atoms with E-state index in [2.05, 4.69) is 13.0 Å². The molecule has 23 heavy (non-hydrogen) atoms. The molecule has 0 atom stereocenters. The van der Waals surface area contributed by atoms with Crippen LogP contribution in [0, 0.1) is 11.3 Å². The molecule has 0 saturated carbocycles. The van der Waals surface area contributed by atoms with Crippen LogP contribution >= 0.6 is 0 Å². The fourth-order valence-corrected chi connectivity index (χ4v) is 2.94. The number of unbranched alkanes of at least 4 members (excludes halogenated alkanes) is 1. The first-order valence-electron chi connectivity index (χ1n) is 7.89. The molecule has 0 spiro atoms. The van der Waals surface area contributed by atoms with E-state index in [1.54, 1.807) is 4.57 Å². The van der Waals surface area contributed by atoms with Gasteiger partial charge in [-0.05, 0) is 23.4 Å². The van der Waals surface area contributed by atoms with Crippen LogP contribution in [0.2, 0.25) is 0 Å². The smallest absolute Gasteiger partial charge is 0.259 e. The average Bonchev–Trinajstić information content (AvgIpc) is 2.61. The minimum absolute atomic E-state index is 0.0784. The molecule has 2 aromatic carbocycles. The molecule has 0 aliphatic carbocycles. The van der Waals surface area contributed by atoms with Gasteiger partial charge in [0.05, 0.1) is 0 Å². The summed E-state index contributed by atoms with van der Waals surface area (Å²) in [6.07, 6.45) is 1.85. The van der Waals surface area contributed by atoms with E-state index in [0.29, 0.717) is 17.6 Å². The van der Waals surface area contributed by atoms with Crippen LogP contribution < -0.4 is 5.56 Å². The van der Waals surface area contributed by atoms with E-state index < -0.39 is 0 Å². The third-order valence-corrected chi connectivity index (χ3v) is 4.08. The van der Waals surface area contributed by atoms with Crippen LogP contribution in [0.25, 0.3) is 21.9 Å². The summed E-state index contributed by atoms with van der Waals surface area (Å²) in [5, 5.41) is 11.2. The third-order valence-electron chi connectivity index (χ3n) is 4.08. The highest BCUT2D eigenvalue weighted by molar-refractivity contribution is 5.98. The molecule has 0 unspecified atom stereocenters. The van der Waals surface area contributed by atoms with Crippen molar-refractivity contribution in [2.45, 2.75) is 26.3 Å². The second kappa shape index (κ2) is 6.50. The molecule has 0 aliphatic rings. The van der Waals surface area contributed by atoms with E-state index in [4.69, 9.17) is 0 Å². The molecule has 0 bridgehead atoms. The summed E-state index contributed by atoms with van der Waals surface area (Å²) >= 11 is 0. The van der Waals surface area contributed by atoms with E-state index >= 15 is 0 Å². The van der Waals surface area contributed by atoms with Crippen molar-refractivity contribution in [3.05, 3.63) is 70.6 Å². The number of hydrogen-bond donors (Lipinski definition) is 0. The maximum atomic E-state index is 12.8. The third kappa shape index (κ3) is 2.64. The molecular formula is C20H18N2O. The zero-order valence-electron chi connectivity index (χ0n) is 13.1. The van der Waals surface area contributed by atoms with Crippen LogP contribution in [0.3, 0.4) is 0 Å². The van der Waals surface area contributed by atoms with Crippen molar-refractivity contribution in [3.63, 3.8) is 0 Å². The van der Waals surface area contributed by atoms with Gasteiger partial charge < -0.3 is 0 Å². The highest BCUT2D eigenvalue weighted by atomic mass is 16.1. The summed E-state index contributed by atoms with van der Waals surface area (Å²) in [5.74, 6) is 0. The monoisotopic (exact) mass is 302 g/mol. The average molecular weight is 302 g/mol. The van der Waals surface area contributed by atoms with Gasteiger partial charge in [0, 0.05) is 17.5 Å². The largest absolute Gasteiger partial charge is 0.299 e. The molecule has 3 heteroatoms. The Balaban J connectivity index is 2.43. The Morgan fingerprint density at radius 2 is 1.65 bits per heavy atom. The van der Waals surface area contributed by atoms with Crippen molar-refractivity contribution >= 4 is 10.8 Å². The Kier molecular flexibility index (Phi) is 4.25. The Morgan fingerprint density at radius 1 is 1.00 bits per heavy atom. The van der Waals surface area contributed by atoms with Gasteiger partial charge in [-0.1, -0.05) is 61.9 Å². The number of nitrogens with zero attached hydrogens (tertiary/aromatic N) is 2. The van der Waals surface area contributed by atoms with Crippen molar-refractivity contribution in [1.29, 1.82) is 5.26 Å². The van der Waals surface area contributed by atoms with Gasteiger partial charge in [0.1, 0.15) is 11.8 Å². The van der Waals surface area contributed by atoms with Gasteiger partial charge >= 0.3 is 0 Å². The normalized spacial score (nSPS) is 10.6. The van der Waals surface area contributed by atoms with E-state index in [9.17, 15) is 10.1 Å². The molecule has 3 rings (SSSR count). The molecule has 0 radical (unpaired) electrons. The van der Waals surface area contributed by atoms with Crippen LogP contribution in [0.1, 0.15) is 25.5 Å². The van der Waals surface area contributed by atoms with Crippen LogP contribution in [0.15, 0.2) is 59.4 Å². The fourth-order valence-electron chi connectivity index (χ4n) is 2.94. The number of aromatic nitrogens is 1. The summed E-state index contributed by atoms with van der Waals surface area (Å²) in [5.41, 5.74) is 2.18. The Labute approximate surface area is 135 Å². The van der Waals surface area contributed by atoms with Gasteiger partial charge in [-0.15, -0.1) is 0 Å². The molecule has 1 aromatic heterocycles. The predicted octanol–water partition coefficient (Wildman–Crippen LogP) is 4.34. The maximum Gasteiger partial charge on any atom is 0.259 e. The first kappa shape index (κ1) is 15.1. The summed E-state index contributed by atoms with van der Waals surface area (Å²) in [6.45, 7) is 2.65. The van der Waals surface area contributed by atoms with E-state index in [1.165, 1.54) is 0 Å². The molecule has 0 saturated heterocycles. The van der Waals surface area contributed by atoms with Gasteiger partial charge in [-0.3, -0.25) is 9.36 Å². The molecule has 3 nitrogen and oxygen atoms in total. The number of benzene rings is 2. The van der Waals surface area contributed by atoms with Crippen LogP contribution in [0.5, 0.6) is 0 Å². The Morgan fingerprint density at radius 3 is 2.30 bits per heavy atom. The quantitative estimate of drug-likeness (QED) is 0.719. The van der Waals surface area contributed by atoms with Crippen molar-refractivity contribution < 1.29 is 0 Å². The summed E-state index contributed by atoms with van der Waals surface area (Å²) in [4.78, 5) is 12.8. The lowest BCUT2D eigenvalue weighted by Crippen LogP contribution is -2.24. The molecule has 0 N–H and O–H groups in total. The SMILES string of the molecule is CCCCn1c(C#N)c(-c2ccccc2)c2ccccc2c1=O. The van der Waals surface area contributed by atoms with Gasteiger partial charge in [0.2, 0.25) is 0 Å². The van der Waals surface area contributed by atoms with Crippen LogP contribution in [-0.2, 0) is 6.54 Å². The summed E-state index contributed by atoms with van der Waals surface area (Å²) < 4.78 is 1.63. The molecule has 0 amide bonds. The molecule has 114 valence electrons. The van der Waals surface area contributed by atoms with Crippen LogP contribution in [-0.4, -0.2) is 4.57 Å². The topological polar surface area (TPSA) is 45.8 Å². The summed E-state index contributed by atoms with van der Waals surface area (Å²) in [7, 11) is 0. The number of fused-ring (bicyclic) bond motifs is 1. The standard InChI is InChI=1S/C20H18N2O/c1-2-3-13-22-18(14-21)19(15-9-5-4-6-10-15)16-11-7-8-12-17(16)20(22)23/h4-12H,2-3,13H2,1H3. The lowest BCUT2D eigenvalue weighted by Gasteiger charge is -2.15. The van der Waals surface area contributed by atoms with Crippen molar-refractivity contribution in [2.75, 3.05) is 0 Å². The Bertz CT molecular complexity index is 933. The second-order valence-corrected chi connectivity index (χ2v) is 5.56. The zero-order valence-corrected chi connectivity index (χ0v) is 13.1. The Hall–Kier alpha value is -2.86. The predicted molar refractivity (Wildman–Crippen MR) is 93.3 cm³/mol. The van der Waals surface area contributed by atoms with E-state index in [-0.39, 0.29) is 5.56 Å². The summed E-state index contributed by atoms with van der Waals surface area (Å²) in [6, 6.07) is 19.6. The van der Waals surface area contributed by atoms with Gasteiger partial charge in [0.25, 0.3) is 5.56 Å². The first-order chi connectivity index (χ1) is 11.3. The zero-order chi connectivity index (χ0) is 16.2. The van der Waals surface area contributed by atoms with Gasteiger partial charge in [0.15, 0.2) is 0 Å². The highest BCUT2D eigenvalue weighted by Crippen LogP contribution is 2.30. The number of nitriles is 1. The van der Waals surface area contributed by atoms with E-state index in [0.717, 1.165) is 29.4 Å². The molecule has 1 heterocycles. The molecule has 0 fully saturated rings. The van der Waals surface area contributed by atoms with Gasteiger partial charge in [-0.2, -0.15) is 5.26 Å². The minimum atomic E-state index is -0.0784. The van der Waals surface area contributed by atoms with Crippen molar-refractivity contribution in [2.24, 2.45) is 0 Å². The van der Waals surface area contributed by atoms with Gasteiger partial charge in [-0.25, -0.2) is 0 Å². The molecular weight excluding hydrogens is 284 g/mol. The van der Waals surface area contributed by atoms with E-state index in [1.807, 2.05) is 54.6 Å².